The molecule has 0 radical (unpaired) electrons. The highest BCUT2D eigenvalue weighted by molar-refractivity contribution is 5.94. The molecule has 1 saturated heterocycles. The Morgan fingerprint density at radius 2 is 2.00 bits per heavy atom. The van der Waals surface area contributed by atoms with Gasteiger partial charge in [-0.1, -0.05) is 33.6 Å². The zero-order chi connectivity index (χ0) is 15.0. The van der Waals surface area contributed by atoms with E-state index >= 15 is 0 Å². The van der Waals surface area contributed by atoms with Crippen molar-refractivity contribution in [3.05, 3.63) is 0 Å². The van der Waals surface area contributed by atoms with Crippen LogP contribution in [0.5, 0.6) is 0 Å². The van der Waals surface area contributed by atoms with Crippen molar-refractivity contribution >= 4 is 11.8 Å². The highest BCUT2D eigenvalue weighted by Crippen LogP contribution is 2.14. The average molecular weight is 284 g/mol. The van der Waals surface area contributed by atoms with E-state index in [1.54, 1.807) is 4.90 Å². The largest absolute Gasteiger partial charge is 0.381 e. The number of carbonyl (C=O) groups excluding carboxylic acids is 2. The number of nitrogens with zero attached hydrogens (tertiary/aromatic N) is 1. The van der Waals surface area contributed by atoms with Gasteiger partial charge in [0.2, 0.25) is 11.8 Å². The Morgan fingerprint density at radius 1 is 1.30 bits per heavy atom. The molecule has 2 unspecified atom stereocenters. The van der Waals surface area contributed by atoms with Gasteiger partial charge in [-0.15, -0.1) is 0 Å². The van der Waals surface area contributed by atoms with Crippen LogP contribution in [0.2, 0.25) is 0 Å². The molecule has 1 aliphatic heterocycles. The third kappa shape index (κ3) is 5.12. The van der Waals surface area contributed by atoms with Crippen molar-refractivity contribution < 1.29 is 14.3 Å². The molecule has 5 heteroatoms. The normalized spacial score (nSPS) is 20.9. The number of rotatable bonds is 9. The number of amides is 2. The van der Waals surface area contributed by atoms with E-state index in [0.29, 0.717) is 13.2 Å². The summed E-state index contributed by atoms with van der Waals surface area (Å²) in [6.07, 6.45) is 3.86. The van der Waals surface area contributed by atoms with Gasteiger partial charge in [-0.05, 0) is 18.8 Å². The predicted molar refractivity (Wildman–Crippen MR) is 78.3 cm³/mol. The lowest BCUT2D eigenvalue weighted by Gasteiger charge is -2.35. The Kier molecular flexibility index (Phi) is 7.59. The Balaban J connectivity index is 2.36. The molecule has 0 aliphatic carbocycles. The summed E-state index contributed by atoms with van der Waals surface area (Å²) in [5.74, 6) is 0.171. The first-order valence-corrected chi connectivity index (χ1v) is 7.76. The average Bonchev–Trinajstić information content (AvgIpc) is 2.44. The Hall–Kier alpha value is -1.10. The van der Waals surface area contributed by atoms with E-state index in [-0.39, 0.29) is 30.3 Å². The number of hydrogen-bond acceptors (Lipinski definition) is 3. The van der Waals surface area contributed by atoms with Crippen molar-refractivity contribution in [3.63, 3.8) is 0 Å². The second-order valence-corrected chi connectivity index (χ2v) is 5.51. The molecule has 0 bridgehead atoms. The van der Waals surface area contributed by atoms with Crippen molar-refractivity contribution in [2.24, 2.45) is 5.92 Å². The van der Waals surface area contributed by atoms with Crippen LogP contribution in [0.4, 0.5) is 0 Å². The molecule has 0 aromatic rings. The molecule has 1 rings (SSSR count). The Morgan fingerprint density at radius 3 is 2.65 bits per heavy atom. The van der Waals surface area contributed by atoms with E-state index in [1.165, 1.54) is 0 Å². The molecule has 1 fully saturated rings. The van der Waals surface area contributed by atoms with Gasteiger partial charge < -0.3 is 15.0 Å². The number of carbonyl (C=O) groups is 2. The summed E-state index contributed by atoms with van der Waals surface area (Å²) in [6.45, 7) is 8.38. The first-order chi connectivity index (χ1) is 9.60. The molecular weight excluding hydrogens is 256 g/mol. The minimum absolute atomic E-state index is 0.0486. The number of unbranched alkanes of at least 4 members (excludes halogenated alkanes) is 1. The minimum Gasteiger partial charge on any atom is -0.381 e. The molecule has 2 atom stereocenters. The monoisotopic (exact) mass is 284 g/mol. The predicted octanol–water partition coefficient (Wildman–Crippen LogP) is 1.57. The highest BCUT2D eigenvalue weighted by Gasteiger charge is 2.34. The summed E-state index contributed by atoms with van der Waals surface area (Å²) in [4.78, 5) is 25.7. The highest BCUT2D eigenvalue weighted by atomic mass is 16.5. The van der Waals surface area contributed by atoms with E-state index in [1.807, 2.05) is 13.8 Å². The molecule has 1 aliphatic rings. The zero-order valence-electron chi connectivity index (χ0n) is 13.0. The van der Waals surface area contributed by atoms with Gasteiger partial charge in [0.1, 0.15) is 6.04 Å². The Bertz CT molecular complexity index is 320. The van der Waals surface area contributed by atoms with Crippen LogP contribution in [0.25, 0.3) is 0 Å². The maximum absolute atomic E-state index is 12.3. The van der Waals surface area contributed by atoms with Gasteiger partial charge in [0.05, 0.1) is 6.54 Å². The van der Waals surface area contributed by atoms with E-state index in [2.05, 4.69) is 12.2 Å². The van der Waals surface area contributed by atoms with Gasteiger partial charge >= 0.3 is 0 Å². The quantitative estimate of drug-likeness (QED) is 0.654. The first kappa shape index (κ1) is 17.0. The molecule has 1 N–H and O–H groups in total. The van der Waals surface area contributed by atoms with Gasteiger partial charge in [0.25, 0.3) is 0 Å². The standard InChI is InChI=1S/C15H28N2O3/c1-4-6-9-20-10-7-8-17-11-13(18)16-14(15(17)19)12(3)5-2/h12,14H,4-11H2,1-3H3,(H,16,18). The topological polar surface area (TPSA) is 58.6 Å². The molecule has 20 heavy (non-hydrogen) atoms. The summed E-state index contributed by atoms with van der Waals surface area (Å²) >= 11 is 0. The van der Waals surface area contributed by atoms with Crippen LogP contribution in [-0.2, 0) is 14.3 Å². The van der Waals surface area contributed by atoms with Crippen LogP contribution in [-0.4, -0.2) is 49.1 Å². The van der Waals surface area contributed by atoms with Gasteiger partial charge in [-0.3, -0.25) is 9.59 Å². The van der Waals surface area contributed by atoms with Crippen molar-refractivity contribution in [1.82, 2.24) is 10.2 Å². The molecule has 0 saturated carbocycles. The van der Waals surface area contributed by atoms with Gasteiger partial charge in [-0.2, -0.15) is 0 Å². The van der Waals surface area contributed by atoms with Crippen molar-refractivity contribution in [2.75, 3.05) is 26.3 Å². The Labute approximate surface area is 122 Å². The maximum atomic E-state index is 12.3. The smallest absolute Gasteiger partial charge is 0.245 e. The zero-order valence-corrected chi connectivity index (χ0v) is 13.0. The third-order valence-electron chi connectivity index (χ3n) is 3.80. The van der Waals surface area contributed by atoms with Crippen LogP contribution < -0.4 is 5.32 Å². The molecule has 5 nitrogen and oxygen atoms in total. The van der Waals surface area contributed by atoms with E-state index in [0.717, 1.165) is 32.3 Å². The van der Waals surface area contributed by atoms with Gasteiger partial charge in [-0.25, -0.2) is 0 Å². The summed E-state index contributed by atoms with van der Waals surface area (Å²) < 4.78 is 5.48. The van der Waals surface area contributed by atoms with Gasteiger partial charge in [0.15, 0.2) is 0 Å². The van der Waals surface area contributed by atoms with Crippen molar-refractivity contribution in [2.45, 2.75) is 52.5 Å². The second kappa shape index (κ2) is 8.95. The van der Waals surface area contributed by atoms with Crippen LogP contribution in [0, 0.1) is 5.92 Å². The SMILES string of the molecule is CCCCOCCCN1CC(=O)NC(C(C)CC)C1=O. The number of hydrogen-bond donors (Lipinski definition) is 1. The molecular formula is C15H28N2O3. The fraction of sp³-hybridized carbons (Fsp3) is 0.867. The van der Waals surface area contributed by atoms with Crippen LogP contribution in [0.1, 0.15) is 46.5 Å². The van der Waals surface area contributed by atoms with Gasteiger partial charge in [0, 0.05) is 19.8 Å². The van der Waals surface area contributed by atoms with Crippen LogP contribution in [0.3, 0.4) is 0 Å². The lowest BCUT2D eigenvalue weighted by molar-refractivity contribution is -0.145. The fourth-order valence-electron chi connectivity index (χ4n) is 2.25. The molecule has 0 spiro atoms. The molecule has 0 aromatic carbocycles. The van der Waals surface area contributed by atoms with Crippen molar-refractivity contribution in [1.29, 1.82) is 0 Å². The number of ether oxygens (including phenoxy) is 1. The molecule has 2 amide bonds. The summed E-state index contributed by atoms with van der Waals surface area (Å²) in [7, 11) is 0. The number of nitrogens with one attached hydrogen (secondary N) is 1. The first-order valence-electron chi connectivity index (χ1n) is 7.76. The summed E-state index contributed by atoms with van der Waals surface area (Å²) in [5.41, 5.74) is 0. The molecule has 116 valence electrons. The van der Waals surface area contributed by atoms with E-state index < -0.39 is 0 Å². The third-order valence-corrected chi connectivity index (χ3v) is 3.80. The summed E-state index contributed by atoms with van der Waals surface area (Å²) in [6, 6.07) is -0.359. The molecule has 0 aromatic heterocycles. The maximum Gasteiger partial charge on any atom is 0.245 e. The lowest BCUT2D eigenvalue weighted by Crippen LogP contribution is -2.60. The fourth-order valence-corrected chi connectivity index (χ4v) is 2.25. The lowest BCUT2D eigenvalue weighted by atomic mass is 9.96. The van der Waals surface area contributed by atoms with Crippen molar-refractivity contribution in [3.8, 4) is 0 Å². The minimum atomic E-state index is -0.359. The van der Waals surface area contributed by atoms with Crippen LogP contribution >= 0.6 is 0 Å². The second-order valence-electron chi connectivity index (χ2n) is 5.51. The number of piperazine rings is 1. The van der Waals surface area contributed by atoms with E-state index in [4.69, 9.17) is 4.74 Å². The van der Waals surface area contributed by atoms with Crippen LogP contribution in [0.15, 0.2) is 0 Å². The summed E-state index contributed by atoms with van der Waals surface area (Å²) in [5, 5.41) is 2.80. The van der Waals surface area contributed by atoms with E-state index in [9.17, 15) is 9.59 Å². The molecule has 1 heterocycles.